The third-order valence-corrected chi connectivity index (χ3v) is 4.08. The fraction of sp³-hybridized carbons (Fsp3) is 0.375. The largest absolute Gasteiger partial charge is 0.573 e. The molecule has 0 aliphatic heterocycles. The van der Waals surface area contributed by atoms with Crippen LogP contribution in [-0.4, -0.2) is 35.9 Å². The van der Waals surface area contributed by atoms with Crippen molar-refractivity contribution in [3.63, 3.8) is 0 Å². The molecule has 2 rings (SSSR count). The molecule has 0 bridgehead atoms. The molecule has 2 aromatic rings. The van der Waals surface area contributed by atoms with E-state index in [1.165, 1.54) is 40.5 Å². The SMILES string of the molecule is Cc1nc(CN(C)C(=O)NCCc2ccc(OC(F)(F)F)cc2)cs1. The molecule has 0 unspecified atom stereocenters. The Hall–Kier alpha value is -2.29. The second kappa shape index (κ2) is 8.19. The summed E-state index contributed by atoms with van der Waals surface area (Å²) in [5.74, 6) is -0.265. The van der Waals surface area contributed by atoms with Gasteiger partial charge in [0, 0.05) is 19.0 Å². The van der Waals surface area contributed by atoms with Crippen LogP contribution in [0.1, 0.15) is 16.3 Å². The summed E-state index contributed by atoms with van der Waals surface area (Å²) in [5, 5.41) is 5.61. The van der Waals surface area contributed by atoms with Gasteiger partial charge in [-0.05, 0) is 31.0 Å². The number of ether oxygens (including phenoxy) is 1. The molecule has 25 heavy (non-hydrogen) atoms. The number of alkyl halides is 3. The third-order valence-electron chi connectivity index (χ3n) is 3.26. The Morgan fingerprint density at radius 1 is 1.32 bits per heavy atom. The summed E-state index contributed by atoms with van der Waals surface area (Å²) in [5.41, 5.74) is 1.63. The molecule has 0 fully saturated rings. The maximum Gasteiger partial charge on any atom is 0.573 e. The molecule has 136 valence electrons. The van der Waals surface area contributed by atoms with Crippen molar-refractivity contribution >= 4 is 17.4 Å². The van der Waals surface area contributed by atoms with Crippen molar-refractivity contribution in [2.75, 3.05) is 13.6 Å². The van der Waals surface area contributed by atoms with Crippen molar-refractivity contribution in [2.24, 2.45) is 0 Å². The van der Waals surface area contributed by atoms with Gasteiger partial charge in [-0.2, -0.15) is 0 Å². The Morgan fingerprint density at radius 3 is 2.56 bits per heavy atom. The monoisotopic (exact) mass is 373 g/mol. The summed E-state index contributed by atoms with van der Waals surface area (Å²) >= 11 is 1.53. The summed E-state index contributed by atoms with van der Waals surface area (Å²) < 4.78 is 40.1. The van der Waals surface area contributed by atoms with Crippen LogP contribution in [0.5, 0.6) is 5.75 Å². The molecule has 1 N–H and O–H groups in total. The van der Waals surface area contributed by atoms with Crippen LogP contribution in [0, 0.1) is 6.92 Å². The molecule has 0 atom stereocenters. The highest BCUT2D eigenvalue weighted by molar-refractivity contribution is 7.09. The molecule has 0 spiro atoms. The summed E-state index contributed by atoms with van der Waals surface area (Å²) in [6, 6.07) is 5.34. The van der Waals surface area contributed by atoms with Gasteiger partial charge < -0.3 is 15.0 Å². The van der Waals surface area contributed by atoms with Crippen molar-refractivity contribution < 1.29 is 22.7 Å². The lowest BCUT2D eigenvalue weighted by Crippen LogP contribution is -2.37. The second-order valence-corrected chi connectivity index (χ2v) is 6.45. The number of aryl methyl sites for hydroxylation is 1. The fourth-order valence-electron chi connectivity index (χ4n) is 2.10. The minimum absolute atomic E-state index is 0.234. The Kier molecular flexibility index (Phi) is 6.24. The van der Waals surface area contributed by atoms with Gasteiger partial charge in [-0.15, -0.1) is 24.5 Å². The van der Waals surface area contributed by atoms with Gasteiger partial charge in [0.1, 0.15) is 5.75 Å². The van der Waals surface area contributed by atoms with E-state index in [9.17, 15) is 18.0 Å². The van der Waals surface area contributed by atoms with Gasteiger partial charge in [-0.1, -0.05) is 12.1 Å². The number of nitrogens with zero attached hydrogens (tertiary/aromatic N) is 2. The number of benzene rings is 1. The number of hydrogen-bond acceptors (Lipinski definition) is 4. The van der Waals surface area contributed by atoms with Gasteiger partial charge in [0.2, 0.25) is 0 Å². The lowest BCUT2D eigenvalue weighted by atomic mass is 10.1. The van der Waals surface area contributed by atoms with Gasteiger partial charge in [-0.3, -0.25) is 0 Å². The molecule has 1 aromatic carbocycles. The molecule has 1 aromatic heterocycles. The number of halogens is 3. The topological polar surface area (TPSA) is 54.5 Å². The summed E-state index contributed by atoms with van der Waals surface area (Å²) in [6.07, 6.45) is -4.20. The van der Waals surface area contributed by atoms with Crippen LogP contribution in [0.3, 0.4) is 0 Å². The Labute approximate surface area is 147 Å². The first-order valence-electron chi connectivity index (χ1n) is 7.47. The first-order chi connectivity index (χ1) is 11.7. The molecule has 0 saturated heterocycles. The van der Waals surface area contributed by atoms with E-state index in [4.69, 9.17) is 0 Å². The highest BCUT2D eigenvalue weighted by Gasteiger charge is 2.30. The third kappa shape index (κ3) is 6.61. The van der Waals surface area contributed by atoms with Crippen molar-refractivity contribution in [2.45, 2.75) is 26.3 Å². The smallest absolute Gasteiger partial charge is 0.406 e. The first-order valence-corrected chi connectivity index (χ1v) is 8.35. The van der Waals surface area contributed by atoms with E-state index in [0.29, 0.717) is 19.5 Å². The van der Waals surface area contributed by atoms with Gasteiger partial charge in [0.15, 0.2) is 0 Å². The highest BCUT2D eigenvalue weighted by atomic mass is 32.1. The van der Waals surface area contributed by atoms with E-state index in [1.807, 2.05) is 12.3 Å². The number of hydrogen-bond donors (Lipinski definition) is 1. The molecule has 0 saturated carbocycles. The van der Waals surface area contributed by atoms with E-state index in [2.05, 4.69) is 15.0 Å². The van der Waals surface area contributed by atoms with Crippen LogP contribution in [-0.2, 0) is 13.0 Å². The molecule has 1 heterocycles. The van der Waals surface area contributed by atoms with Gasteiger partial charge in [0.25, 0.3) is 0 Å². The molecule has 5 nitrogen and oxygen atoms in total. The molecule has 9 heteroatoms. The Morgan fingerprint density at radius 2 is 2.00 bits per heavy atom. The molecular weight excluding hydrogens is 355 g/mol. The molecule has 2 amide bonds. The average Bonchev–Trinajstić information content (AvgIpc) is 2.92. The van der Waals surface area contributed by atoms with Gasteiger partial charge in [-0.25, -0.2) is 9.78 Å². The number of carbonyl (C=O) groups excluding carboxylic acids is 1. The zero-order chi connectivity index (χ0) is 18.4. The van der Waals surface area contributed by atoms with Crippen molar-refractivity contribution in [3.05, 3.63) is 45.9 Å². The lowest BCUT2D eigenvalue weighted by Gasteiger charge is -2.17. The van der Waals surface area contributed by atoms with Crippen LogP contribution < -0.4 is 10.1 Å². The summed E-state index contributed by atoms with van der Waals surface area (Å²) in [6.45, 7) is 2.69. The minimum Gasteiger partial charge on any atom is -0.406 e. The van der Waals surface area contributed by atoms with Crippen LogP contribution in [0.2, 0.25) is 0 Å². The first kappa shape index (κ1) is 19.0. The zero-order valence-corrected chi connectivity index (χ0v) is 14.6. The lowest BCUT2D eigenvalue weighted by molar-refractivity contribution is -0.274. The number of rotatable bonds is 6. The van der Waals surface area contributed by atoms with Crippen LogP contribution >= 0.6 is 11.3 Å². The number of carbonyl (C=O) groups is 1. The van der Waals surface area contributed by atoms with E-state index in [1.54, 1.807) is 7.05 Å². The predicted molar refractivity (Wildman–Crippen MR) is 88.5 cm³/mol. The summed E-state index contributed by atoms with van der Waals surface area (Å²) in [4.78, 5) is 17.8. The van der Waals surface area contributed by atoms with E-state index in [-0.39, 0.29) is 11.8 Å². The number of thiazole rings is 1. The summed E-state index contributed by atoms with van der Waals surface area (Å²) in [7, 11) is 1.67. The van der Waals surface area contributed by atoms with E-state index < -0.39 is 6.36 Å². The number of aromatic nitrogens is 1. The molecule has 0 radical (unpaired) electrons. The van der Waals surface area contributed by atoms with E-state index in [0.717, 1.165) is 16.3 Å². The quantitative estimate of drug-likeness (QED) is 0.839. The normalized spacial score (nSPS) is 11.2. The van der Waals surface area contributed by atoms with Crippen LogP contribution in [0.15, 0.2) is 29.6 Å². The Bertz CT molecular complexity index is 701. The van der Waals surface area contributed by atoms with Gasteiger partial charge >= 0.3 is 12.4 Å². The maximum absolute atomic E-state index is 12.1. The second-order valence-electron chi connectivity index (χ2n) is 5.39. The van der Waals surface area contributed by atoms with Gasteiger partial charge in [0.05, 0.1) is 17.2 Å². The van der Waals surface area contributed by atoms with Crippen molar-refractivity contribution in [1.82, 2.24) is 15.2 Å². The molecule has 0 aliphatic carbocycles. The zero-order valence-electron chi connectivity index (χ0n) is 13.8. The number of nitrogens with one attached hydrogen (secondary N) is 1. The Balaban J connectivity index is 1.75. The average molecular weight is 373 g/mol. The van der Waals surface area contributed by atoms with Crippen molar-refractivity contribution in [1.29, 1.82) is 0 Å². The standard InChI is InChI=1S/C16H18F3N3O2S/c1-11-21-13(10-25-11)9-22(2)15(23)20-8-7-12-3-5-14(6-4-12)24-16(17,18)19/h3-6,10H,7-9H2,1-2H3,(H,20,23). The van der Waals surface area contributed by atoms with Crippen LogP contribution in [0.4, 0.5) is 18.0 Å². The number of urea groups is 1. The highest BCUT2D eigenvalue weighted by Crippen LogP contribution is 2.22. The molecule has 0 aliphatic rings. The maximum atomic E-state index is 12.1. The predicted octanol–water partition coefficient (Wildman–Crippen LogP) is 3.73. The number of amides is 2. The fourth-order valence-corrected chi connectivity index (χ4v) is 2.71. The van der Waals surface area contributed by atoms with Crippen molar-refractivity contribution in [3.8, 4) is 5.75 Å². The molecular formula is C16H18F3N3O2S. The van der Waals surface area contributed by atoms with Crippen LogP contribution in [0.25, 0.3) is 0 Å². The van der Waals surface area contributed by atoms with E-state index >= 15 is 0 Å². The minimum atomic E-state index is -4.70.